The number of ether oxygens (including phenoxy) is 2. The average molecular weight is 553 g/mol. The standard InChI is InChI=1S/C23H17BrClF2N3O4/c1-33-20-10-13(9-15(24)21(20)34-12-14-16(25)5-4-7-17(14)26)11-28-30-23(32)22(31)29-19-8-3-2-6-18(19)27/h2-11H,12H2,1H3,(H,29,31)(H,30,32)/b28-11+. The Morgan fingerprint density at radius 3 is 2.53 bits per heavy atom. The second kappa shape index (κ2) is 11.6. The van der Waals surface area contributed by atoms with Crippen molar-refractivity contribution in [2.45, 2.75) is 6.61 Å². The average Bonchev–Trinajstić information content (AvgIpc) is 2.80. The Balaban J connectivity index is 1.66. The van der Waals surface area contributed by atoms with Crippen LogP contribution in [0.15, 0.2) is 64.2 Å². The Labute approximate surface area is 206 Å². The minimum Gasteiger partial charge on any atom is -0.493 e. The van der Waals surface area contributed by atoms with Gasteiger partial charge in [-0.15, -0.1) is 0 Å². The molecule has 2 amide bonds. The maximum absolute atomic E-state index is 14.0. The van der Waals surface area contributed by atoms with Gasteiger partial charge in [0.05, 0.1) is 28.5 Å². The topological polar surface area (TPSA) is 89.0 Å². The molecule has 0 saturated carbocycles. The first-order chi connectivity index (χ1) is 16.3. The summed E-state index contributed by atoms with van der Waals surface area (Å²) >= 11 is 9.39. The first kappa shape index (κ1) is 25.1. The molecule has 3 aromatic rings. The van der Waals surface area contributed by atoms with Crippen molar-refractivity contribution in [2.24, 2.45) is 5.10 Å². The van der Waals surface area contributed by atoms with E-state index in [2.05, 4.69) is 31.8 Å². The molecule has 11 heteroatoms. The van der Waals surface area contributed by atoms with Gasteiger partial charge in [-0.25, -0.2) is 14.2 Å². The van der Waals surface area contributed by atoms with Gasteiger partial charge in [0.1, 0.15) is 18.2 Å². The number of methoxy groups -OCH3 is 1. The molecule has 34 heavy (non-hydrogen) atoms. The number of benzene rings is 3. The molecular formula is C23H17BrClF2N3O4. The molecule has 0 fully saturated rings. The second-order valence-electron chi connectivity index (χ2n) is 6.66. The van der Waals surface area contributed by atoms with Gasteiger partial charge in [-0.05, 0) is 57.9 Å². The Bertz CT molecular complexity index is 1240. The molecule has 0 aliphatic heterocycles. The lowest BCUT2D eigenvalue weighted by atomic mass is 10.2. The van der Waals surface area contributed by atoms with Crippen molar-refractivity contribution < 1.29 is 27.8 Å². The zero-order chi connectivity index (χ0) is 24.7. The smallest absolute Gasteiger partial charge is 0.329 e. The Kier molecular flexibility index (Phi) is 8.55. The number of para-hydroxylation sites is 1. The fourth-order valence-corrected chi connectivity index (χ4v) is 3.52. The number of halogens is 4. The zero-order valence-corrected chi connectivity index (χ0v) is 19.9. The van der Waals surface area contributed by atoms with E-state index in [9.17, 15) is 18.4 Å². The molecule has 0 radical (unpaired) electrons. The second-order valence-corrected chi connectivity index (χ2v) is 7.92. The van der Waals surface area contributed by atoms with E-state index < -0.39 is 23.4 Å². The largest absolute Gasteiger partial charge is 0.493 e. The number of anilines is 1. The summed E-state index contributed by atoms with van der Waals surface area (Å²) in [7, 11) is 1.42. The van der Waals surface area contributed by atoms with Crippen LogP contribution in [0.4, 0.5) is 14.5 Å². The van der Waals surface area contributed by atoms with Crippen LogP contribution in [0.5, 0.6) is 11.5 Å². The van der Waals surface area contributed by atoms with Gasteiger partial charge in [0, 0.05) is 5.56 Å². The molecule has 0 spiro atoms. The number of nitrogens with one attached hydrogen (secondary N) is 2. The molecule has 0 aliphatic rings. The highest BCUT2D eigenvalue weighted by atomic mass is 79.9. The predicted octanol–water partition coefficient (Wildman–Crippen LogP) is 5.06. The maximum atomic E-state index is 14.0. The van der Waals surface area contributed by atoms with Gasteiger partial charge in [-0.1, -0.05) is 29.8 Å². The molecule has 176 valence electrons. The molecule has 0 aliphatic carbocycles. The number of amides is 2. The highest BCUT2D eigenvalue weighted by Crippen LogP contribution is 2.37. The van der Waals surface area contributed by atoms with Crippen LogP contribution >= 0.6 is 27.5 Å². The number of carbonyl (C=O) groups excluding carboxylic acids is 2. The van der Waals surface area contributed by atoms with Crippen molar-refractivity contribution in [2.75, 3.05) is 12.4 Å². The number of hydrazone groups is 1. The van der Waals surface area contributed by atoms with Crippen LogP contribution in [0.3, 0.4) is 0 Å². The van der Waals surface area contributed by atoms with Gasteiger partial charge in [0.2, 0.25) is 0 Å². The van der Waals surface area contributed by atoms with Crippen molar-refractivity contribution in [1.82, 2.24) is 5.43 Å². The molecular weight excluding hydrogens is 536 g/mol. The van der Waals surface area contributed by atoms with Crippen molar-refractivity contribution >= 4 is 51.2 Å². The van der Waals surface area contributed by atoms with Gasteiger partial charge in [0.25, 0.3) is 0 Å². The molecule has 2 N–H and O–H groups in total. The first-order valence-electron chi connectivity index (χ1n) is 9.62. The summed E-state index contributed by atoms with van der Waals surface area (Å²) in [5.41, 5.74) is 2.60. The third-order valence-electron chi connectivity index (χ3n) is 4.38. The summed E-state index contributed by atoms with van der Waals surface area (Å²) in [5, 5.41) is 6.11. The lowest BCUT2D eigenvalue weighted by molar-refractivity contribution is -0.136. The lowest BCUT2D eigenvalue weighted by Gasteiger charge is -2.14. The van der Waals surface area contributed by atoms with E-state index >= 15 is 0 Å². The molecule has 0 heterocycles. The monoisotopic (exact) mass is 551 g/mol. The van der Waals surface area contributed by atoms with Gasteiger partial charge in [-0.2, -0.15) is 5.10 Å². The fraction of sp³-hybridized carbons (Fsp3) is 0.0870. The van der Waals surface area contributed by atoms with Crippen molar-refractivity contribution in [3.05, 3.63) is 86.9 Å². The van der Waals surface area contributed by atoms with E-state index in [1.807, 2.05) is 0 Å². The molecule has 0 aromatic heterocycles. The van der Waals surface area contributed by atoms with E-state index in [1.54, 1.807) is 18.2 Å². The lowest BCUT2D eigenvalue weighted by Crippen LogP contribution is -2.32. The molecule has 7 nitrogen and oxygen atoms in total. The van der Waals surface area contributed by atoms with Crippen LogP contribution in [-0.2, 0) is 16.2 Å². The SMILES string of the molecule is COc1cc(/C=N/NC(=O)C(=O)Nc2ccccc2F)cc(Br)c1OCc1c(F)cccc1Cl. The summed E-state index contributed by atoms with van der Waals surface area (Å²) < 4.78 is 39.1. The van der Waals surface area contributed by atoms with Crippen LogP contribution < -0.4 is 20.2 Å². The zero-order valence-electron chi connectivity index (χ0n) is 17.6. The summed E-state index contributed by atoms with van der Waals surface area (Å²) in [6.07, 6.45) is 1.26. The summed E-state index contributed by atoms with van der Waals surface area (Å²) in [6.45, 7) is -0.138. The summed E-state index contributed by atoms with van der Waals surface area (Å²) in [5.74, 6) is -2.76. The normalized spacial score (nSPS) is 10.7. The minimum atomic E-state index is -1.09. The Morgan fingerprint density at radius 1 is 1.09 bits per heavy atom. The van der Waals surface area contributed by atoms with Crippen LogP contribution in [-0.4, -0.2) is 25.1 Å². The Hall–Kier alpha value is -3.50. The molecule has 0 bridgehead atoms. The number of nitrogens with zero attached hydrogens (tertiary/aromatic N) is 1. The predicted molar refractivity (Wildman–Crippen MR) is 127 cm³/mol. The highest BCUT2D eigenvalue weighted by molar-refractivity contribution is 9.10. The van der Waals surface area contributed by atoms with Crippen LogP contribution in [0.2, 0.25) is 5.02 Å². The minimum absolute atomic E-state index is 0.132. The summed E-state index contributed by atoms with van der Waals surface area (Å²) in [4.78, 5) is 23.8. The van der Waals surface area contributed by atoms with Crippen LogP contribution in [0.1, 0.15) is 11.1 Å². The third-order valence-corrected chi connectivity index (χ3v) is 5.33. The third kappa shape index (κ3) is 6.30. The molecule has 3 aromatic carbocycles. The molecule has 3 rings (SSSR count). The van der Waals surface area contributed by atoms with Crippen molar-refractivity contribution in [1.29, 1.82) is 0 Å². The van der Waals surface area contributed by atoms with Gasteiger partial charge in [-0.3, -0.25) is 9.59 Å². The molecule has 0 atom stereocenters. The van der Waals surface area contributed by atoms with E-state index in [0.29, 0.717) is 21.5 Å². The maximum Gasteiger partial charge on any atom is 0.329 e. The van der Waals surface area contributed by atoms with E-state index in [4.69, 9.17) is 21.1 Å². The van der Waals surface area contributed by atoms with Crippen LogP contribution in [0.25, 0.3) is 0 Å². The van der Waals surface area contributed by atoms with E-state index in [0.717, 1.165) is 6.07 Å². The quantitative estimate of drug-likeness (QED) is 0.244. The van der Waals surface area contributed by atoms with E-state index in [1.165, 1.54) is 43.7 Å². The van der Waals surface area contributed by atoms with Gasteiger partial charge in [0.15, 0.2) is 11.5 Å². The van der Waals surface area contributed by atoms with Crippen molar-refractivity contribution in [3.63, 3.8) is 0 Å². The fourth-order valence-electron chi connectivity index (χ4n) is 2.73. The summed E-state index contributed by atoms with van der Waals surface area (Å²) in [6, 6.07) is 12.9. The number of carbonyl (C=O) groups is 2. The molecule has 0 saturated heterocycles. The number of hydrogen-bond acceptors (Lipinski definition) is 5. The van der Waals surface area contributed by atoms with Gasteiger partial charge >= 0.3 is 11.8 Å². The molecule has 0 unspecified atom stereocenters. The highest BCUT2D eigenvalue weighted by Gasteiger charge is 2.16. The van der Waals surface area contributed by atoms with Crippen molar-refractivity contribution in [3.8, 4) is 11.5 Å². The first-order valence-corrected chi connectivity index (χ1v) is 10.8. The number of hydrogen-bond donors (Lipinski definition) is 2. The van der Waals surface area contributed by atoms with E-state index in [-0.39, 0.29) is 22.9 Å². The Morgan fingerprint density at radius 2 is 1.82 bits per heavy atom. The van der Waals surface area contributed by atoms with Gasteiger partial charge < -0.3 is 14.8 Å². The van der Waals surface area contributed by atoms with Crippen LogP contribution in [0, 0.1) is 11.6 Å². The number of rotatable bonds is 7.